The summed E-state index contributed by atoms with van der Waals surface area (Å²) in [6, 6.07) is 4.23. The van der Waals surface area contributed by atoms with E-state index in [0.29, 0.717) is 24.3 Å². The Labute approximate surface area is 249 Å². The van der Waals surface area contributed by atoms with Crippen LogP contribution in [0.15, 0.2) is 36.4 Å². The van der Waals surface area contributed by atoms with Crippen molar-refractivity contribution in [3.63, 3.8) is 0 Å². The van der Waals surface area contributed by atoms with E-state index in [1.165, 1.54) is 0 Å². The van der Waals surface area contributed by atoms with Gasteiger partial charge in [0.1, 0.15) is 25.4 Å². The molecule has 3 aromatic rings. The number of benzene rings is 3. The third-order valence-corrected chi connectivity index (χ3v) is 6.51. The van der Waals surface area contributed by atoms with Crippen LogP contribution in [0.25, 0.3) is 0 Å². The van der Waals surface area contributed by atoms with Gasteiger partial charge in [-0.1, -0.05) is 0 Å². The van der Waals surface area contributed by atoms with Crippen LogP contribution in [0.4, 0.5) is 0 Å². The van der Waals surface area contributed by atoms with E-state index >= 15 is 0 Å². The van der Waals surface area contributed by atoms with Crippen molar-refractivity contribution >= 4 is 17.9 Å². The van der Waals surface area contributed by atoms with Gasteiger partial charge in [-0.3, -0.25) is 0 Å². The molecule has 1 saturated heterocycles. The van der Waals surface area contributed by atoms with Gasteiger partial charge < -0.3 is 75.1 Å². The molecule has 4 atom stereocenters. The molecule has 0 amide bonds. The van der Waals surface area contributed by atoms with E-state index < -0.39 is 124 Å². The summed E-state index contributed by atoms with van der Waals surface area (Å²) >= 11 is 0. The number of aliphatic hydroxyl groups excluding tert-OH is 1. The minimum absolute atomic E-state index is 0.463. The number of carbonyl (C=O) groups is 3. The largest absolute Gasteiger partial charge is 0.504 e. The first-order chi connectivity index (χ1) is 21.0. The van der Waals surface area contributed by atoms with Crippen molar-refractivity contribution in [1.29, 1.82) is 0 Å². The maximum absolute atomic E-state index is 12.8. The van der Waals surface area contributed by atoms with Gasteiger partial charge >= 0.3 is 17.9 Å². The summed E-state index contributed by atoms with van der Waals surface area (Å²) in [5.74, 6) is -12.2. The molecule has 3 aromatic carbocycles. The second-order valence-corrected chi connectivity index (χ2v) is 9.61. The summed E-state index contributed by atoms with van der Waals surface area (Å²) in [4.78, 5) is 37.8. The smallest absolute Gasteiger partial charge is 0.340 e. The van der Waals surface area contributed by atoms with E-state index in [0.717, 1.165) is 12.1 Å². The van der Waals surface area contributed by atoms with Crippen molar-refractivity contribution in [3.05, 3.63) is 53.1 Å². The molecule has 0 radical (unpaired) electrons. The Morgan fingerprint density at radius 1 is 0.622 bits per heavy atom. The Morgan fingerprint density at radius 3 is 1.38 bits per heavy atom. The lowest BCUT2D eigenvalue weighted by atomic mass is 9.96. The Hall–Kier alpha value is -5.85. The van der Waals surface area contributed by atoms with Gasteiger partial charge in [-0.05, 0) is 36.4 Å². The molecule has 1 fully saturated rings. The lowest BCUT2D eigenvalue weighted by Gasteiger charge is -2.29. The Kier molecular flexibility index (Phi) is 8.58. The quantitative estimate of drug-likeness (QED) is 0.0860. The highest BCUT2D eigenvalue weighted by Crippen LogP contribution is 2.39. The van der Waals surface area contributed by atoms with Gasteiger partial charge in [-0.2, -0.15) is 0 Å². The van der Waals surface area contributed by atoms with Crippen LogP contribution in [-0.4, -0.2) is 111 Å². The minimum Gasteiger partial charge on any atom is -0.504 e. The van der Waals surface area contributed by atoms with E-state index in [1.807, 2.05) is 0 Å². The number of phenols is 9. The Morgan fingerprint density at radius 2 is 0.978 bits per heavy atom. The van der Waals surface area contributed by atoms with Gasteiger partial charge in [0.2, 0.25) is 6.29 Å². The van der Waals surface area contributed by atoms with Crippen molar-refractivity contribution in [2.75, 3.05) is 13.2 Å². The maximum Gasteiger partial charge on any atom is 0.340 e. The fourth-order valence-electron chi connectivity index (χ4n) is 4.06. The van der Waals surface area contributed by atoms with Crippen molar-refractivity contribution in [2.24, 2.45) is 0 Å². The molecule has 1 heterocycles. The summed E-state index contributed by atoms with van der Waals surface area (Å²) in [6.07, 6.45) is -6.11. The summed E-state index contributed by atoms with van der Waals surface area (Å²) in [7, 11) is 0. The zero-order chi connectivity index (χ0) is 33.4. The molecule has 45 heavy (non-hydrogen) atoms. The third-order valence-electron chi connectivity index (χ3n) is 6.51. The van der Waals surface area contributed by atoms with E-state index in [-0.39, 0.29) is 0 Å². The van der Waals surface area contributed by atoms with Crippen LogP contribution in [0.3, 0.4) is 0 Å². The average molecular weight is 636 g/mol. The molecule has 0 aromatic heterocycles. The van der Waals surface area contributed by atoms with Gasteiger partial charge in [0, 0.05) is 0 Å². The zero-order valence-corrected chi connectivity index (χ0v) is 22.4. The molecule has 11 N–H and O–H groups in total. The molecule has 4 rings (SSSR count). The highest BCUT2D eigenvalue weighted by Gasteiger charge is 2.59. The molecule has 18 nitrogen and oxygen atoms in total. The fourth-order valence-corrected chi connectivity index (χ4v) is 4.06. The average Bonchev–Trinajstić information content (AvgIpc) is 3.22. The van der Waals surface area contributed by atoms with Crippen LogP contribution in [0.5, 0.6) is 51.7 Å². The molecule has 1 aliphatic rings. The van der Waals surface area contributed by atoms with Gasteiger partial charge in [0.15, 0.2) is 57.3 Å². The second-order valence-electron chi connectivity index (χ2n) is 9.61. The molecule has 1 aliphatic heterocycles. The predicted octanol–water partition coefficient (Wildman–Crippen LogP) is -0.275. The normalized spacial score (nSPS) is 20.8. The number of aromatic hydroxyl groups is 9. The number of carbonyl (C=O) groups excluding carboxylic acids is 3. The van der Waals surface area contributed by atoms with Crippen molar-refractivity contribution in [2.45, 2.75) is 24.1 Å². The van der Waals surface area contributed by atoms with Crippen LogP contribution in [0, 0.1) is 0 Å². The van der Waals surface area contributed by atoms with E-state index in [1.54, 1.807) is 0 Å². The van der Waals surface area contributed by atoms with Gasteiger partial charge in [-0.25, -0.2) is 14.4 Å². The lowest BCUT2D eigenvalue weighted by Crippen LogP contribution is -2.54. The summed E-state index contributed by atoms with van der Waals surface area (Å²) in [5, 5.41) is 109. The molecule has 1 unspecified atom stereocenters. The first-order valence-electron chi connectivity index (χ1n) is 12.4. The topological polar surface area (TPSA) is 311 Å². The molecule has 0 aliphatic carbocycles. The monoisotopic (exact) mass is 636 g/mol. The summed E-state index contributed by atoms with van der Waals surface area (Å²) in [5.41, 5.74) is -4.42. The number of esters is 3. The van der Waals surface area contributed by atoms with E-state index in [2.05, 4.69) is 0 Å². The molecule has 240 valence electrons. The highest BCUT2D eigenvalue weighted by atomic mass is 16.7. The van der Waals surface area contributed by atoms with Gasteiger partial charge in [-0.15, -0.1) is 0 Å². The molecule has 18 heteroatoms. The maximum atomic E-state index is 12.8. The number of aliphatic hydroxyl groups is 2. The van der Waals surface area contributed by atoms with Crippen LogP contribution < -0.4 is 0 Å². The SMILES string of the molecule is O=C(OC[C@H]1OC(OC(=O)c2cc(O)c(O)c(O)c2)[C@@](O)(COC(=O)c2cc(O)c(O)c(O)c2)[C@@H]1O)c1cc(O)c(O)c(O)c1. The van der Waals surface area contributed by atoms with Crippen LogP contribution in [0.1, 0.15) is 31.1 Å². The predicted molar refractivity (Wildman–Crippen MR) is 140 cm³/mol. The zero-order valence-electron chi connectivity index (χ0n) is 22.4. The van der Waals surface area contributed by atoms with Crippen molar-refractivity contribution < 1.29 is 89.5 Å². The lowest BCUT2D eigenvalue weighted by molar-refractivity contribution is -0.193. The first-order valence-corrected chi connectivity index (χ1v) is 12.4. The second kappa shape index (κ2) is 12.0. The summed E-state index contributed by atoms with van der Waals surface area (Å²) in [6.45, 7) is -2.11. The minimum atomic E-state index is -2.83. The fraction of sp³-hybridized carbons (Fsp3) is 0.222. The molecule has 0 saturated carbocycles. The molecule has 0 spiro atoms. The Balaban J connectivity index is 1.56. The first kappa shape index (κ1) is 32.1. The van der Waals surface area contributed by atoms with Crippen LogP contribution in [0.2, 0.25) is 0 Å². The Bertz CT molecular complexity index is 1600. The summed E-state index contributed by atoms with van der Waals surface area (Å²) < 4.78 is 20.4. The van der Waals surface area contributed by atoms with E-state index in [4.69, 9.17) is 18.9 Å². The highest BCUT2D eigenvalue weighted by molar-refractivity contribution is 5.92. The number of hydrogen-bond acceptors (Lipinski definition) is 18. The van der Waals surface area contributed by atoms with Crippen molar-refractivity contribution in [3.8, 4) is 51.7 Å². The van der Waals surface area contributed by atoms with Gasteiger partial charge in [0.25, 0.3) is 0 Å². The van der Waals surface area contributed by atoms with E-state index in [9.17, 15) is 70.6 Å². The molecular weight excluding hydrogens is 612 g/mol. The third kappa shape index (κ3) is 6.27. The standard InChI is InChI=1S/C27H24O18/c28-12-1-9(2-13(29)19(12)34)23(38)42-7-18-22(37)27(41,8-43-24(39)10-3-14(30)20(35)15(31)4-10)26(44-18)45-25(40)11-5-16(32)21(36)17(33)6-11/h1-6,18,22,26,28-37,41H,7-8H2/t18-,22-,26?,27-/m1/s1. The molecule has 0 bridgehead atoms. The number of phenolic OH excluding ortho intramolecular Hbond substituents is 9. The van der Waals surface area contributed by atoms with Crippen LogP contribution in [-0.2, 0) is 18.9 Å². The number of ether oxygens (including phenoxy) is 4. The van der Waals surface area contributed by atoms with Crippen LogP contribution >= 0.6 is 0 Å². The molecular formula is C27H24O18. The van der Waals surface area contributed by atoms with Crippen molar-refractivity contribution in [1.82, 2.24) is 0 Å². The number of hydrogen-bond donors (Lipinski definition) is 11. The number of rotatable bonds is 8. The van der Waals surface area contributed by atoms with Gasteiger partial charge in [0.05, 0.1) is 16.7 Å².